The Morgan fingerprint density at radius 1 is 1.47 bits per heavy atom. The number of aromatic amines is 1. The molecule has 0 aromatic carbocycles. The fourth-order valence-corrected chi connectivity index (χ4v) is 1.49. The predicted molar refractivity (Wildman–Crippen MR) is 67.0 cm³/mol. The van der Waals surface area contributed by atoms with E-state index in [1.54, 1.807) is 0 Å². The number of amides is 1. The third-order valence-electron chi connectivity index (χ3n) is 2.57. The summed E-state index contributed by atoms with van der Waals surface area (Å²) in [5, 5.41) is 20.5. The molecule has 8 heteroatoms. The van der Waals surface area contributed by atoms with Crippen molar-refractivity contribution in [2.45, 2.75) is 39.3 Å². The van der Waals surface area contributed by atoms with E-state index < -0.39 is 0 Å². The van der Waals surface area contributed by atoms with Crippen molar-refractivity contribution < 1.29 is 4.79 Å². The molecule has 8 nitrogen and oxygen atoms in total. The lowest BCUT2D eigenvalue weighted by Gasteiger charge is -2.13. The molecular weight excluding hydrogens is 246 g/mol. The second-order valence-corrected chi connectivity index (χ2v) is 5.31. The zero-order valence-electron chi connectivity index (χ0n) is 11.2. The summed E-state index contributed by atoms with van der Waals surface area (Å²) in [6, 6.07) is 1.96. The van der Waals surface area contributed by atoms with Gasteiger partial charge in [-0.15, -0.1) is 5.10 Å². The Morgan fingerprint density at radius 3 is 2.84 bits per heavy atom. The summed E-state index contributed by atoms with van der Waals surface area (Å²) in [7, 11) is 0. The fraction of sp³-hybridized carbons (Fsp3) is 0.545. The van der Waals surface area contributed by atoms with Crippen LogP contribution in [0.1, 0.15) is 32.2 Å². The molecule has 0 unspecified atom stereocenters. The summed E-state index contributed by atoms with van der Waals surface area (Å²) in [5.74, 6) is -0.154. The number of nitrogens with zero attached hydrogens (tertiary/aromatic N) is 5. The Kier molecular flexibility index (Phi) is 3.59. The smallest absolute Gasteiger partial charge is 0.242 e. The van der Waals surface area contributed by atoms with E-state index in [4.69, 9.17) is 0 Å². The van der Waals surface area contributed by atoms with Gasteiger partial charge in [0.25, 0.3) is 0 Å². The van der Waals surface area contributed by atoms with Crippen LogP contribution in [0.15, 0.2) is 12.4 Å². The van der Waals surface area contributed by atoms with Gasteiger partial charge >= 0.3 is 0 Å². The molecule has 0 aliphatic rings. The Hall–Kier alpha value is -2.25. The molecule has 102 valence electrons. The second kappa shape index (κ2) is 5.17. The van der Waals surface area contributed by atoms with Gasteiger partial charge in [-0.05, 0) is 16.5 Å². The molecular formula is C11H17N7O. The van der Waals surface area contributed by atoms with Gasteiger partial charge in [-0.3, -0.25) is 9.89 Å². The molecule has 2 aromatic heterocycles. The average molecular weight is 263 g/mol. The van der Waals surface area contributed by atoms with Gasteiger partial charge in [-0.2, -0.15) is 5.10 Å². The highest BCUT2D eigenvalue weighted by molar-refractivity contribution is 5.75. The number of tetrazole rings is 1. The number of rotatable bonds is 4. The standard InChI is InChI=1S/C11H17N7O/c1-11(2,3)9-4-8(14-15-9)5-12-10(19)6-18-7-13-16-17-18/h4,7H,5-6H2,1-3H3,(H,12,19)(H,14,15). The Morgan fingerprint density at radius 2 is 2.26 bits per heavy atom. The molecule has 0 saturated carbocycles. The molecule has 2 rings (SSSR count). The van der Waals surface area contributed by atoms with Crippen LogP contribution in [0, 0.1) is 0 Å². The van der Waals surface area contributed by atoms with Crippen LogP contribution in [0.5, 0.6) is 0 Å². The highest BCUT2D eigenvalue weighted by atomic mass is 16.2. The van der Waals surface area contributed by atoms with E-state index in [9.17, 15) is 4.79 Å². The van der Waals surface area contributed by atoms with Crippen molar-refractivity contribution in [3.05, 3.63) is 23.8 Å². The van der Waals surface area contributed by atoms with Crippen LogP contribution < -0.4 is 5.32 Å². The topological polar surface area (TPSA) is 101 Å². The van der Waals surface area contributed by atoms with Crippen molar-refractivity contribution in [1.29, 1.82) is 0 Å². The SMILES string of the molecule is CC(C)(C)c1cc(CNC(=O)Cn2cnnn2)[nH]n1. The van der Waals surface area contributed by atoms with Gasteiger partial charge in [0, 0.05) is 5.41 Å². The highest BCUT2D eigenvalue weighted by Crippen LogP contribution is 2.19. The molecule has 1 amide bonds. The zero-order chi connectivity index (χ0) is 13.9. The van der Waals surface area contributed by atoms with Crippen molar-refractivity contribution in [3.63, 3.8) is 0 Å². The Balaban J connectivity index is 1.85. The van der Waals surface area contributed by atoms with Crippen LogP contribution in [0.2, 0.25) is 0 Å². The number of aromatic nitrogens is 6. The summed E-state index contributed by atoms with van der Waals surface area (Å²) in [6.45, 7) is 6.77. The van der Waals surface area contributed by atoms with Gasteiger partial charge in [0.05, 0.1) is 17.9 Å². The van der Waals surface area contributed by atoms with E-state index in [-0.39, 0.29) is 17.9 Å². The average Bonchev–Trinajstić information content (AvgIpc) is 2.95. The normalized spacial score (nSPS) is 11.5. The van der Waals surface area contributed by atoms with Crippen molar-refractivity contribution in [1.82, 2.24) is 35.7 Å². The largest absolute Gasteiger partial charge is 0.349 e. The summed E-state index contributed by atoms with van der Waals surface area (Å²) in [6.07, 6.45) is 1.40. The lowest BCUT2D eigenvalue weighted by atomic mass is 9.92. The maximum atomic E-state index is 11.6. The summed E-state index contributed by atoms with van der Waals surface area (Å²) in [5.41, 5.74) is 1.83. The quantitative estimate of drug-likeness (QED) is 0.809. The minimum absolute atomic E-state index is 0.00877. The molecule has 0 aliphatic heterocycles. The first-order valence-electron chi connectivity index (χ1n) is 5.97. The molecule has 0 saturated heterocycles. The molecule has 0 fully saturated rings. The third kappa shape index (κ3) is 3.60. The molecule has 0 aliphatic carbocycles. The van der Waals surface area contributed by atoms with Crippen LogP contribution >= 0.6 is 0 Å². The van der Waals surface area contributed by atoms with Crippen molar-refractivity contribution >= 4 is 5.91 Å². The maximum absolute atomic E-state index is 11.6. The van der Waals surface area contributed by atoms with E-state index in [0.29, 0.717) is 6.54 Å². The summed E-state index contributed by atoms with van der Waals surface area (Å²) >= 11 is 0. The van der Waals surface area contributed by atoms with Gasteiger partial charge in [0.15, 0.2) is 0 Å². The van der Waals surface area contributed by atoms with E-state index in [2.05, 4.69) is 51.8 Å². The van der Waals surface area contributed by atoms with Crippen molar-refractivity contribution in [2.75, 3.05) is 0 Å². The number of hydrogen-bond donors (Lipinski definition) is 2. The second-order valence-electron chi connectivity index (χ2n) is 5.31. The summed E-state index contributed by atoms with van der Waals surface area (Å²) in [4.78, 5) is 11.6. The van der Waals surface area contributed by atoms with Gasteiger partial charge in [0.2, 0.25) is 5.91 Å². The number of carbonyl (C=O) groups is 1. The molecule has 0 radical (unpaired) electrons. The minimum Gasteiger partial charge on any atom is -0.349 e. The summed E-state index contributed by atoms with van der Waals surface area (Å²) < 4.78 is 1.36. The lowest BCUT2D eigenvalue weighted by molar-refractivity contribution is -0.122. The van der Waals surface area contributed by atoms with Crippen LogP contribution in [0.25, 0.3) is 0 Å². The molecule has 2 N–H and O–H groups in total. The van der Waals surface area contributed by atoms with E-state index >= 15 is 0 Å². The number of H-pyrrole nitrogens is 1. The van der Waals surface area contributed by atoms with Crippen LogP contribution in [-0.2, 0) is 23.3 Å². The first-order chi connectivity index (χ1) is 8.95. The third-order valence-corrected chi connectivity index (χ3v) is 2.57. The van der Waals surface area contributed by atoms with E-state index in [1.165, 1.54) is 11.0 Å². The van der Waals surface area contributed by atoms with Gasteiger partial charge < -0.3 is 5.32 Å². The molecule has 2 aromatic rings. The van der Waals surface area contributed by atoms with Crippen molar-refractivity contribution in [3.8, 4) is 0 Å². The number of nitrogens with one attached hydrogen (secondary N) is 2. The molecule has 2 heterocycles. The zero-order valence-corrected chi connectivity index (χ0v) is 11.2. The number of carbonyl (C=O) groups excluding carboxylic acids is 1. The maximum Gasteiger partial charge on any atom is 0.242 e. The molecule has 0 spiro atoms. The minimum atomic E-state index is -0.154. The molecule has 0 atom stereocenters. The van der Waals surface area contributed by atoms with E-state index in [0.717, 1.165) is 11.4 Å². The first kappa shape index (κ1) is 13.2. The monoisotopic (exact) mass is 263 g/mol. The van der Waals surface area contributed by atoms with Gasteiger partial charge in [0.1, 0.15) is 12.9 Å². The first-order valence-corrected chi connectivity index (χ1v) is 5.97. The van der Waals surface area contributed by atoms with Gasteiger partial charge in [-0.1, -0.05) is 20.8 Å². The number of hydrogen-bond acceptors (Lipinski definition) is 5. The molecule has 0 bridgehead atoms. The lowest BCUT2D eigenvalue weighted by Crippen LogP contribution is -2.27. The molecule has 19 heavy (non-hydrogen) atoms. The highest BCUT2D eigenvalue weighted by Gasteiger charge is 2.17. The van der Waals surface area contributed by atoms with Gasteiger partial charge in [-0.25, -0.2) is 4.68 Å². The fourth-order valence-electron chi connectivity index (χ4n) is 1.49. The van der Waals surface area contributed by atoms with Crippen LogP contribution in [-0.4, -0.2) is 36.3 Å². The Bertz CT molecular complexity index is 538. The predicted octanol–water partition coefficient (Wildman–Crippen LogP) is 0.0101. The van der Waals surface area contributed by atoms with Crippen LogP contribution in [0.3, 0.4) is 0 Å². The Labute approximate surface area is 110 Å². The van der Waals surface area contributed by atoms with Crippen LogP contribution in [0.4, 0.5) is 0 Å². The van der Waals surface area contributed by atoms with E-state index in [1.807, 2.05) is 6.07 Å². The van der Waals surface area contributed by atoms with Crippen molar-refractivity contribution in [2.24, 2.45) is 0 Å².